The maximum atomic E-state index is 8.56. The summed E-state index contributed by atoms with van der Waals surface area (Å²) in [7, 11) is 2.04. The van der Waals surface area contributed by atoms with Gasteiger partial charge in [0.1, 0.15) is 0 Å². The molecule has 70 valence electrons. The van der Waals surface area contributed by atoms with Gasteiger partial charge in [0.05, 0.1) is 12.0 Å². The van der Waals surface area contributed by atoms with E-state index in [1.54, 1.807) is 0 Å². The Morgan fingerprint density at radius 3 is 2.67 bits per heavy atom. The van der Waals surface area contributed by atoms with Crippen molar-refractivity contribution in [3.63, 3.8) is 0 Å². The summed E-state index contributed by atoms with van der Waals surface area (Å²) in [5.74, 6) is 0.868. The number of nitrogens with zero attached hydrogens (tertiary/aromatic N) is 2. The third kappa shape index (κ3) is 6.45. The average Bonchev–Trinajstić information content (AvgIpc) is 2.05. The molecule has 0 saturated carbocycles. The van der Waals surface area contributed by atoms with Crippen molar-refractivity contribution in [3.05, 3.63) is 0 Å². The zero-order valence-corrected chi connectivity index (χ0v) is 8.64. The van der Waals surface area contributed by atoms with E-state index in [1.807, 2.05) is 14.0 Å². The van der Waals surface area contributed by atoms with Crippen LogP contribution in [0.3, 0.4) is 0 Å². The molecule has 0 N–H and O–H groups in total. The van der Waals surface area contributed by atoms with Crippen molar-refractivity contribution >= 4 is 11.6 Å². The van der Waals surface area contributed by atoms with Crippen LogP contribution in [0.5, 0.6) is 0 Å². The fourth-order valence-corrected chi connectivity index (χ4v) is 1.26. The lowest BCUT2D eigenvalue weighted by Crippen LogP contribution is -2.24. The summed E-state index contributed by atoms with van der Waals surface area (Å²) in [5.41, 5.74) is 0. The van der Waals surface area contributed by atoms with Crippen molar-refractivity contribution in [1.82, 2.24) is 4.90 Å². The molecule has 0 amide bonds. The van der Waals surface area contributed by atoms with Crippen molar-refractivity contribution < 1.29 is 0 Å². The zero-order chi connectivity index (χ0) is 9.40. The van der Waals surface area contributed by atoms with Crippen LogP contribution in [0.4, 0.5) is 0 Å². The van der Waals surface area contributed by atoms with Gasteiger partial charge in [0, 0.05) is 12.4 Å². The van der Waals surface area contributed by atoms with Crippen molar-refractivity contribution in [2.45, 2.75) is 19.8 Å². The van der Waals surface area contributed by atoms with E-state index in [9.17, 15) is 0 Å². The Labute approximate surface area is 80.1 Å². The number of rotatable bonds is 6. The standard InChI is InChI=1S/C9H17ClN2/c1-9(7-11)8-12(2)6-4-3-5-10/h9H,3-6,8H2,1-2H3. The van der Waals surface area contributed by atoms with Crippen LogP contribution in [0.25, 0.3) is 0 Å². The van der Waals surface area contributed by atoms with Crippen LogP contribution in [-0.2, 0) is 0 Å². The van der Waals surface area contributed by atoms with Crippen molar-refractivity contribution in [3.8, 4) is 6.07 Å². The molecule has 1 unspecified atom stereocenters. The first-order valence-electron chi connectivity index (χ1n) is 4.34. The topological polar surface area (TPSA) is 27.0 Å². The molecule has 1 atom stereocenters. The fourth-order valence-electron chi connectivity index (χ4n) is 1.08. The average molecular weight is 189 g/mol. The number of unbranched alkanes of at least 4 members (excludes halogenated alkanes) is 1. The summed E-state index contributed by atoms with van der Waals surface area (Å²) < 4.78 is 0. The van der Waals surface area contributed by atoms with Gasteiger partial charge in [0.2, 0.25) is 0 Å². The Morgan fingerprint density at radius 1 is 1.50 bits per heavy atom. The van der Waals surface area contributed by atoms with Crippen LogP contribution < -0.4 is 0 Å². The molecule has 2 nitrogen and oxygen atoms in total. The Kier molecular flexibility index (Phi) is 7.23. The van der Waals surface area contributed by atoms with Gasteiger partial charge in [-0.05, 0) is 33.4 Å². The first-order valence-corrected chi connectivity index (χ1v) is 4.88. The second-order valence-electron chi connectivity index (χ2n) is 3.19. The predicted molar refractivity (Wildman–Crippen MR) is 52.2 cm³/mol. The summed E-state index contributed by atoms with van der Waals surface area (Å²) in [6, 6.07) is 2.22. The molecule has 0 saturated heterocycles. The summed E-state index contributed by atoms with van der Waals surface area (Å²) in [6.07, 6.45) is 2.19. The molecule has 0 bridgehead atoms. The Hall–Kier alpha value is -0.260. The summed E-state index contributed by atoms with van der Waals surface area (Å²) in [4.78, 5) is 2.18. The van der Waals surface area contributed by atoms with Gasteiger partial charge < -0.3 is 4.90 Å². The second-order valence-corrected chi connectivity index (χ2v) is 3.57. The van der Waals surface area contributed by atoms with Crippen molar-refractivity contribution in [1.29, 1.82) is 5.26 Å². The molecule has 3 heteroatoms. The quantitative estimate of drug-likeness (QED) is 0.472. The third-order valence-electron chi connectivity index (χ3n) is 1.73. The molecule has 0 aliphatic carbocycles. The van der Waals surface area contributed by atoms with E-state index in [4.69, 9.17) is 16.9 Å². The highest BCUT2D eigenvalue weighted by Gasteiger charge is 2.03. The molecule has 12 heavy (non-hydrogen) atoms. The predicted octanol–water partition coefficient (Wildman–Crippen LogP) is 2.10. The Morgan fingerprint density at radius 2 is 2.17 bits per heavy atom. The highest BCUT2D eigenvalue weighted by Crippen LogP contribution is 1.99. The van der Waals surface area contributed by atoms with E-state index >= 15 is 0 Å². The van der Waals surface area contributed by atoms with Crippen molar-refractivity contribution in [2.24, 2.45) is 5.92 Å². The molecule has 0 aliphatic rings. The third-order valence-corrected chi connectivity index (χ3v) is 2.00. The number of hydrogen-bond acceptors (Lipinski definition) is 2. The molecule has 0 aromatic carbocycles. The monoisotopic (exact) mass is 188 g/mol. The molecule has 0 radical (unpaired) electrons. The minimum absolute atomic E-state index is 0.131. The number of hydrogen-bond donors (Lipinski definition) is 0. The van der Waals surface area contributed by atoms with E-state index in [0.717, 1.165) is 31.8 Å². The molecular weight excluding hydrogens is 172 g/mol. The minimum atomic E-state index is 0.131. The molecular formula is C9H17ClN2. The number of nitriles is 1. The Bertz CT molecular complexity index is 142. The Balaban J connectivity index is 3.34. The molecule has 0 aromatic rings. The maximum absolute atomic E-state index is 8.56. The van der Waals surface area contributed by atoms with Crippen LogP contribution in [0.15, 0.2) is 0 Å². The number of alkyl halides is 1. The SMILES string of the molecule is CC(C#N)CN(C)CCCCCl. The molecule has 0 heterocycles. The van der Waals surface area contributed by atoms with Gasteiger partial charge >= 0.3 is 0 Å². The fraction of sp³-hybridized carbons (Fsp3) is 0.889. The smallest absolute Gasteiger partial charge is 0.0666 e. The summed E-state index contributed by atoms with van der Waals surface area (Å²) >= 11 is 5.55. The number of halogens is 1. The molecule has 0 aromatic heterocycles. The second kappa shape index (κ2) is 7.39. The van der Waals surface area contributed by atoms with Crippen LogP contribution in [0, 0.1) is 17.2 Å². The molecule has 0 fully saturated rings. The largest absolute Gasteiger partial charge is 0.305 e. The van der Waals surface area contributed by atoms with E-state index < -0.39 is 0 Å². The van der Waals surface area contributed by atoms with Crippen LogP contribution in [-0.4, -0.2) is 30.9 Å². The molecule has 0 rings (SSSR count). The van der Waals surface area contributed by atoms with E-state index in [2.05, 4.69) is 11.0 Å². The molecule has 0 aliphatic heterocycles. The van der Waals surface area contributed by atoms with Gasteiger partial charge in [-0.15, -0.1) is 11.6 Å². The van der Waals surface area contributed by atoms with E-state index in [0.29, 0.717) is 0 Å². The normalized spacial score (nSPS) is 12.9. The summed E-state index contributed by atoms with van der Waals surface area (Å²) in [5, 5.41) is 8.56. The highest BCUT2D eigenvalue weighted by molar-refractivity contribution is 6.17. The van der Waals surface area contributed by atoms with Gasteiger partial charge in [0.15, 0.2) is 0 Å². The van der Waals surface area contributed by atoms with Gasteiger partial charge in [-0.25, -0.2) is 0 Å². The van der Waals surface area contributed by atoms with Crippen LogP contribution in [0.2, 0.25) is 0 Å². The minimum Gasteiger partial charge on any atom is -0.305 e. The first kappa shape index (κ1) is 11.7. The first-order chi connectivity index (χ1) is 5.70. The maximum Gasteiger partial charge on any atom is 0.0666 e. The summed E-state index contributed by atoms with van der Waals surface area (Å²) in [6.45, 7) is 3.84. The van der Waals surface area contributed by atoms with Gasteiger partial charge in [-0.1, -0.05) is 0 Å². The lowest BCUT2D eigenvalue weighted by atomic mass is 10.2. The highest BCUT2D eigenvalue weighted by atomic mass is 35.5. The van der Waals surface area contributed by atoms with Crippen LogP contribution >= 0.6 is 11.6 Å². The lowest BCUT2D eigenvalue weighted by molar-refractivity contribution is 0.306. The van der Waals surface area contributed by atoms with Gasteiger partial charge in [0.25, 0.3) is 0 Å². The molecule has 0 spiro atoms. The zero-order valence-electron chi connectivity index (χ0n) is 7.89. The lowest BCUT2D eigenvalue weighted by Gasteiger charge is -2.16. The van der Waals surface area contributed by atoms with Crippen molar-refractivity contribution in [2.75, 3.05) is 26.0 Å². The van der Waals surface area contributed by atoms with Crippen LogP contribution in [0.1, 0.15) is 19.8 Å². The van der Waals surface area contributed by atoms with E-state index in [1.165, 1.54) is 0 Å². The van der Waals surface area contributed by atoms with E-state index in [-0.39, 0.29) is 5.92 Å². The van der Waals surface area contributed by atoms with Gasteiger partial charge in [-0.2, -0.15) is 5.26 Å². The van der Waals surface area contributed by atoms with Gasteiger partial charge in [-0.3, -0.25) is 0 Å².